The SMILES string of the molecule is Cc1ccc(/C=N/n2c(N)c(C(=O)NCCc3ccccc3)c3nc4ccccc4nc32)cc1. The van der Waals surface area contributed by atoms with Gasteiger partial charge in [-0.15, -0.1) is 0 Å². The lowest BCUT2D eigenvalue weighted by Crippen LogP contribution is -2.26. The van der Waals surface area contributed by atoms with Crippen molar-refractivity contribution in [3.63, 3.8) is 0 Å². The molecular formula is C27H24N6O. The molecule has 0 radical (unpaired) electrons. The molecule has 0 saturated heterocycles. The molecule has 2 heterocycles. The number of para-hydroxylation sites is 2. The van der Waals surface area contributed by atoms with Crippen molar-refractivity contribution < 1.29 is 4.79 Å². The van der Waals surface area contributed by atoms with Gasteiger partial charge in [-0.1, -0.05) is 72.3 Å². The van der Waals surface area contributed by atoms with E-state index in [4.69, 9.17) is 15.7 Å². The standard InChI is InChI=1S/C27H24N6O/c1-18-11-13-20(14-12-18)17-30-33-25(28)23(27(34)29-16-15-19-7-3-2-4-8-19)24-26(33)32-22-10-6-5-9-21(22)31-24/h2-14,17H,15-16,28H2,1H3,(H,29,34)/b30-17+. The molecule has 0 atom stereocenters. The second-order valence-electron chi connectivity index (χ2n) is 8.10. The number of nitrogen functional groups attached to an aromatic ring is 1. The Bertz CT molecular complexity index is 1500. The van der Waals surface area contributed by atoms with Gasteiger partial charge < -0.3 is 11.1 Å². The van der Waals surface area contributed by atoms with Crippen molar-refractivity contribution in [3.8, 4) is 0 Å². The van der Waals surface area contributed by atoms with Gasteiger partial charge in [-0.25, -0.2) is 9.97 Å². The van der Waals surface area contributed by atoms with Gasteiger partial charge in [0, 0.05) is 6.54 Å². The van der Waals surface area contributed by atoms with E-state index < -0.39 is 0 Å². The molecule has 34 heavy (non-hydrogen) atoms. The van der Waals surface area contributed by atoms with Crippen LogP contribution in [-0.4, -0.2) is 33.3 Å². The molecule has 0 aliphatic carbocycles. The van der Waals surface area contributed by atoms with Gasteiger partial charge in [0.25, 0.3) is 5.91 Å². The monoisotopic (exact) mass is 448 g/mol. The summed E-state index contributed by atoms with van der Waals surface area (Å²) >= 11 is 0. The number of carbonyl (C=O) groups excluding carboxylic acids is 1. The molecule has 0 spiro atoms. The van der Waals surface area contributed by atoms with Crippen LogP contribution in [0.15, 0.2) is 84.0 Å². The van der Waals surface area contributed by atoms with Gasteiger partial charge in [0.2, 0.25) is 0 Å². The Hall–Kier alpha value is -4.52. The topological polar surface area (TPSA) is 98.2 Å². The van der Waals surface area contributed by atoms with Gasteiger partial charge in [-0.05, 0) is 36.6 Å². The Morgan fingerprint density at radius 1 is 0.971 bits per heavy atom. The molecule has 0 saturated carbocycles. The third kappa shape index (κ3) is 4.23. The third-order valence-electron chi connectivity index (χ3n) is 5.64. The maximum absolute atomic E-state index is 13.2. The molecule has 2 aromatic heterocycles. The van der Waals surface area contributed by atoms with Crippen molar-refractivity contribution in [2.45, 2.75) is 13.3 Å². The van der Waals surface area contributed by atoms with Crippen molar-refractivity contribution in [3.05, 3.63) is 101 Å². The number of aromatic nitrogens is 3. The molecular weight excluding hydrogens is 424 g/mol. The largest absolute Gasteiger partial charge is 0.383 e. The van der Waals surface area contributed by atoms with E-state index in [1.165, 1.54) is 4.68 Å². The second-order valence-corrected chi connectivity index (χ2v) is 8.10. The first-order valence-electron chi connectivity index (χ1n) is 11.1. The number of aryl methyl sites for hydroxylation is 1. The molecule has 0 unspecified atom stereocenters. The predicted octanol–water partition coefficient (Wildman–Crippen LogP) is 4.33. The average molecular weight is 449 g/mol. The summed E-state index contributed by atoms with van der Waals surface area (Å²) in [7, 11) is 0. The smallest absolute Gasteiger partial charge is 0.257 e. The van der Waals surface area contributed by atoms with Gasteiger partial charge in [-0.3, -0.25) is 4.79 Å². The number of hydrogen-bond donors (Lipinski definition) is 2. The van der Waals surface area contributed by atoms with Gasteiger partial charge >= 0.3 is 0 Å². The van der Waals surface area contributed by atoms with E-state index in [0.29, 0.717) is 35.2 Å². The maximum Gasteiger partial charge on any atom is 0.257 e. The van der Waals surface area contributed by atoms with Crippen LogP contribution < -0.4 is 11.1 Å². The van der Waals surface area contributed by atoms with Crippen LogP contribution in [0.2, 0.25) is 0 Å². The highest BCUT2D eigenvalue weighted by Crippen LogP contribution is 2.27. The number of nitrogens with zero attached hydrogens (tertiary/aromatic N) is 4. The zero-order chi connectivity index (χ0) is 23.5. The van der Waals surface area contributed by atoms with E-state index in [1.807, 2.05) is 85.8 Å². The number of benzene rings is 3. The average Bonchev–Trinajstić information content (AvgIpc) is 3.13. The highest BCUT2D eigenvalue weighted by Gasteiger charge is 2.23. The van der Waals surface area contributed by atoms with Gasteiger partial charge in [0.05, 0.1) is 17.2 Å². The summed E-state index contributed by atoms with van der Waals surface area (Å²) in [5.74, 6) is -0.0989. The molecule has 168 valence electrons. The highest BCUT2D eigenvalue weighted by molar-refractivity contribution is 6.10. The number of fused-ring (bicyclic) bond motifs is 2. The lowest BCUT2D eigenvalue weighted by atomic mass is 10.1. The third-order valence-corrected chi connectivity index (χ3v) is 5.64. The Labute approximate surface area is 197 Å². The number of anilines is 1. The number of amides is 1. The minimum atomic E-state index is -0.299. The summed E-state index contributed by atoms with van der Waals surface area (Å²) in [6.07, 6.45) is 2.41. The van der Waals surface area contributed by atoms with Crippen LogP contribution in [0.4, 0.5) is 5.82 Å². The minimum Gasteiger partial charge on any atom is -0.383 e. The molecule has 5 aromatic rings. The number of carbonyl (C=O) groups is 1. The summed E-state index contributed by atoms with van der Waals surface area (Å²) in [6.45, 7) is 2.50. The second kappa shape index (κ2) is 9.15. The van der Waals surface area contributed by atoms with Crippen molar-refractivity contribution >= 4 is 40.1 Å². The molecule has 0 aliphatic rings. The molecule has 3 aromatic carbocycles. The summed E-state index contributed by atoms with van der Waals surface area (Å²) in [5.41, 5.74) is 12.2. The van der Waals surface area contributed by atoms with E-state index >= 15 is 0 Å². The fourth-order valence-electron chi connectivity index (χ4n) is 3.82. The fraction of sp³-hybridized carbons (Fsp3) is 0.111. The van der Waals surface area contributed by atoms with Gasteiger partial charge in [0.1, 0.15) is 16.9 Å². The first kappa shape index (κ1) is 21.3. The molecule has 0 fully saturated rings. The molecule has 1 amide bonds. The minimum absolute atomic E-state index is 0.200. The zero-order valence-electron chi connectivity index (χ0n) is 18.8. The first-order chi connectivity index (χ1) is 16.6. The lowest BCUT2D eigenvalue weighted by molar-refractivity contribution is 0.0956. The molecule has 7 nitrogen and oxygen atoms in total. The fourth-order valence-corrected chi connectivity index (χ4v) is 3.82. The number of nitrogens with two attached hydrogens (primary N) is 1. The molecule has 3 N–H and O–H groups in total. The Kier molecular flexibility index (Phi) is 5.74. The van der Waals surface area contributed by atoms with Gasteiger partial charge in [-0.2, -0.15) is 9.78 Å². The molecule has 0 bridgehead atoms. The van der Waals surface area contributed by atoms with E-state index in [2.05, 4.69) is 10.4 Å². The normalized spacial score (nSPS) is 11.4. The van der Waals surface area contributed by atoms with Crippen LogP contribution in [-0.2, 0) is 6.42 Å². The van der Waals surface area contributed by atoms with Crippen molar-refractivity contribution in [2.75, 3.05) is 12.3 Å². The van der Waals surface area contributed by atoms with E-state index in [1.54, 1.807) is 6.21 Å². The van der Waals surface area contributed by atoms with Crippen molar-refractivity contribution in [1.29, 1.82) is 0 Å². The zero-order valence-corrected chi connectivity index (χ0v) is 18.8. The van der Waals surface area contributed by atoms with Crippen LogP contribution in [0.3, 0.4) is 0 Å². The van der Waals surface area contributed by atoms with Crippen LogP contribution in [0, 0.1) is 6.92 Å². The van der Waals surface area contributed by atoms with Crippen LogP contribution in [0.1, 0.15) is 27.0 Å². The van der Waals surface area contributed by atoms with E-state index in [9.17, 15) is 4.79 Å². The number of nitrogens with one attached hydrogen (secondary N) is 1. The number of hydrogen-bond acceptors (Lipinski definition) is 5. The quantitative estimate of drug-likeness (QED) is 0.378. The summed E-state index contributed by atoms with van der Waals surface area (Å²) < 4.78 is 1.49. The van der Waals surface area contributed by atoms with Crippen LogP contribution in [0.5, 0.6) is 0 Å². The van der Waals surface area contributed by atoms with E-state index in [-0.39, 0.29) is 17.3 Å². The van der Waals surface area contributed by atoms with Gasteiger partial charge in [0.15, 0.2) is 5.65 Å². The highest BCUT2D eigenvalue weighted by atomic mass is 16.1. The Morgan fingerprint density at radius 3 is 2.38 bits per heavy atom. The molecule has 0 aliphatic heterocycles. The van der Waals surface area contributed by atoms with Crippen molar-refractivity contribution in [2.24, 2.45) is 5.10 Å². The van der Waals surface area contributed by atoms with E-state index in [0.717, 1.165) is 16.7 Å². The summed E-state index contributed by atoms with van der Waals surface area (Å²) in [5, 5.41) is 7.53. The summed E-state index contributed by atoms with van der Waals surface area (Å²) in [4.78, 5) is 22.6. The Morgan fingerprint density at radius 2 is 1.65 bits per heavy atom. The first-order valence-corrected chi connectivity index (χ1v) is 11.1. The molecule has 5 rings (SSSR count). The lowest BCUT2D eigenvalue weighted by Gasteiger charge is -2.05. The van der Waals surface area contributed by atoms with Crippen LogP contribution in [0.25, 0.3) is 22.2 Å². The maximum atomic E-state index is 13.2. The predicted molar refractivity (Wildman–Crippen MR) is 136 cm³/mol. The molecule has 7 heteroatoms. The number of rotatable bonds is 6. The van der Waals surface area contributed by atoms with Crippen LogP contribution >= 0.6 is 0 Å². The van der Waals surface area contributed by atoms with Crippen molar-refractivity contribution in [1.82, 2.24) is 20.0 Å². The summed E-state index contributed by atoms with van der Waals surface area (Å²) in [6, 6.07) is 25.5. The Balaban J connectivity index is 1.53.